The Bertz CT molecular complexity index is 316. The number of halogens is 2. The minimum Gasteiger partial charge on any atom is -0.465 e. The van der Waals surface area contributed by atoms with Gasteiger partial charge in [0.05, 0.1) is 5.69 Å². The van der Waals surface area contributed by atoms with Crippen molar-refractivity contribution in [3.63, 3.8) is 0 Å². The number of anilines is 1. The zero-order valence-electron chi connectivity index (χ0n) is 5.84. The first-order valence-corrected chi connectivity index (χ1v) is 4.21. The van der Waals surface area contributed by atoms with E-state index in [4.69, 9.17) is 16.7 Å². The first kappa shape index (κ1) is 9.35. The van der Waals surface area contributed by atoms with E-state index in [0.717, 1.165) is 0 Å². The molecule has 0 radical (unpaired) electrons. The van der Waals surface area contributed by atoms with Gasteiger partial charge in [-0.05, 0) is 34.1 Å². The minimum atomic E-state index is -1.10. The maximum absolute atomic E-state index is 10.2. The molecule has 0 saturated carbocycles. The normalized spacial score (nSPS) is 9.50. The number of hydrogen-bond donors (Lipinski definition) is 2. The van der Waals surface area contributed by atoms with E-state index >= 15 is 0 Å². The maximum Gasteiger partial charge on any atom is 0.409 e. The first-order chi connectivity index (χ1) is 5.59. The van der Waals surface area contributed by atoms with Crippen LogP contribution < -0.4 is 5.32 Å². The topological polar surface area (TPSA) is 49.3 Å². The van der Waals surface area contributed by atoms with Crippen molar-refractivity contribution < 1.29 is 9.90 Å². The van der Waals surface area contributed by atoms with Crippen molar-refractivity contribution >= 4 is 39.3 Å². The Morgan fingerprint density at radius 3 is 2.75 bits per heavy atom. The Hall–Kier alpha value is -0.740. The fourth-order valence-electron chi connectivity index (χ4n) is 0.706. The Morgan fingerprint density at radius 1 is 1.58 bits per heavy atom. The lowest BCUT2D eigenvalue weighted by atomic mass is 10.3. The first-order valence-electron chi connectivity index (χ1n) is 3.04. The van der Waals surface area contributed by atoms with Gasteiger partial charge < -0.3 is 5.11 Å². The Kier molecular flexibility index (Phi) is 2.94. The summed E-state index contributed by atoms with van der Waals surface area (Å²) >= 11 is 8.81. The highest BCUT2D eigenvalue weighted by atomic mass is 79.9. The highest BCUT2D eigenvalue weighted by Gasteiger charge is 2.02. The zero-order chi connectivity index (χ0) is 9.14. The van der Waals surface area contributed by atoms with E-state index in [1.165, 1.54) is 0 Å². The average molecular weight is 250 g/mol. The van der Waals surface area contributed by atoms with Gasteiger partial charge >= 0.3 is 6.09 Å². The van der Waals surface area contributed by atoms with E-state index in [2.05, 4.69) is 21.2 Å². The lowest BCUT2D eigenvalue weighted by molar-refractivity contribution is 0.209. The van der Waals surface area contributed by atoms with Gasteiger partial charge in [-0.2, -0.15) is 0 Å². The van der Waals surface area contributed by atoms with Gasteiger partial charge in [0.1, 0.15) is 0 Å². The molecule has 12 heavy (non-hydrogen) atoms. The van der Waals surface area contributed by atoms with Crippen LogP contribution in [0.2, 0.25) is 5.02 Å². The summed E-state index contributed by atoms with van der Waals surface area (Å²) in [4.78, 5) is 10.2. The summed E-state index contributed by atoms with van der Waals surface area (Å²) in [7, 11) is 0. The molecule has 1 rings (SSSR count). The molecule has 0 fully saturated rings. The van der Waals surface area contributed by atoms with Crippen molar-refractivity contribution in [2.45, 2.75) is 0 Å². The minimum absolute atomic E-state index is 0.479. The smallest absolute Gasteiger partial charge is 0.409 e. The molecule has 0 aliphatic carbocycles. The molecule has 0 bridgehead atoms. The summed E-state index contributed by atoms with van der Waals surface area (Å²) in [5.74, 6) is 0. The molecule has 0 saturated heterocycles. The largest absolute Gasteiger partial charge is 0.465 e. The van der Waals surface area contributed by atoms with Gasteiger partial charge in [0, 0.05) is 9.50 Å². The van der Waals surface area contributed by atoms with Crippen molar-refractivity contribution in [3.8, 4) is 0 Å². The average Bonchev–Trinajstić information content (AvgIpc) is 1.94. The molecule has 64 valence electrons. The summed E-state index contributed by atoms with van der Waals surface area (Å²) in [5.41, 5.74) is 0.479. The number of rotatable bonds is 1. The van der Waals surface area contributed by atoms with Gasteiger partial charge in [-0.1, -0.05) is 11.6 Å². The Morgan fingerprint density at radius 2 is 2.25 bits per heavy atom. The van der Waals surface area contributed by atoms with E-state index in [1.54, 1.807) is 18.2 Å². The van der Waals surface area contributed by atoms with Gasteiger partial charge in [0.25, 0.3) is 0 Å². The van der Waals surface area contributed by atoms with Crippen LogP contribution in [-0.2, 0) is 0 Å². The molecule has 5 heteroatoms. The molecule has 1 amide bonds. The van der Waals surface area contributed by atoms with E-state index in [1.807, 2.05) is 0 Å². The second-order valence-electron chi connectivity index (χ2n) is 2.05. The number of nitrogens with one attached hydrogen (secondary N) is 1. The fourth-order valence-corrected chi connectivity index (χ4v) is 1.49. The predicted molar refractivity (Wildman–Crippen MR) is 50.8 cm³/mol. The third-order valence-corrected chi connectivity index (χ3v) is 2.06. The van der Waals surface area contributed by atoms with Crippen LogP contribution in [0.1, 0.15) is 0 Å². The standard InChI is InChI=1S/C7H5BrClNO2/c8-5-3-4(9)1-2-6(5)10-7(11)12/h1-3,10H,(H,11,12). The molecule has 2 N–H and O–H groups in total. The molecule has 0 aromatic heterocycles. The number of amides is 1. The zero-order valence-corrected chi connectivity index (χ0v) is 8.19. The van der Waals surface area contributed by atoms with Gasteiger partial charge in [0.2, 0.25) is 0 Å². The molecular formula is C7H5BrClNO2. The van der Waals surface area contributed by atoms with Gasteiger partial charge in [-0.25, -0.2) is 4.79 Å². The fraction of sp³-hybridized carbons (Fsp3) is 0. The third kappa shape index (κ3) is 2.39. The molecule has 3 nitrogen and oxygen atoms in total. The quantitative estimate of drug-likeness (QED) is 0.804. The van der Waals surface area contributed by atoms with Crippen LogP contribution in [-0.4, -0.2) is 11.2 Å². The van der Waals surface area contributed by atoms with Crippen molar-refractivity contribution in [1.82, 2.24) is 0 Å². The van der Waals surface area contributed by atoms with Gasteiger partial charge in [-0.15, -0.1) is 0 Å². The molecule has 0 heterocycles. The summed E-state index contributed by atoms with van der Waals surface area (Å²) < 4.78 is 0.623. The number of benzene rings is 1. The molecule has 0 aliphatic rings. The number of carbonyl (C=O) groups is 1. The lowest BCUT2D eigenvalue weighted by Crippen LogP contribution is -2.07. The number of carboxylic acid groups (broad SMARTS) is 1. The van der Waals surface area contributed by atoms with Gasteiger partial charge in [-0.3, -0.25) is 5.32 Å². The van der Waals surface area contributed by atoms with Crippen molar-refractivity contribution in [2.75, 3.05) is 5.32 Å². The lowest BCUT2D eigenvalue weighted by Gasteiger charge is -2.02. The molecule has 0 aliphatic heterocycles. The van der Waals surface area contributed by atoms with Crippen LogP contribution in [0.3, 0.4) is 0 Å². The van der Waals surface area contributed by atoms with Crippen LogP contribution in [0.25, 0.3) is 0 Å². The summed E-state index contributed by atoms with van der Waals surface area (Å²) in [5, 5.41) is 11.2. The highest BCUT2D eigenvalue weighted by Crippen LogP contribution is 2.25. The van der Waals surface area contributed by atoms with Gasteiger partial charge in [0.15, 0.2) is 0 Å². The SMILES string of the molecule is O=C(O)Nc1ccc(Cl)cc1Br. The molecule has 1 aromatic carbocycles. The Labute approximate surface area is 82.5 Å². The molecule has 0 spiro atoms. The molecule has 0 unspecified atom stereocenters. The van der Waals surface area contributed by atoms with E-state index in [9.17, 15) is 4.79 Å². The van der Waals surface area contributed by atoms with Crippen molar-refractivity contribution in [2.24, 2.45) is 0 Å². The molecule has 0 atom stereocenters. The molecule has 1 aromatic rings. The second kappa shape index (κ2) is 3.78. The van der Waals surface area contributed by atoms with E-state index < -0.39 is 6.09 Å². The summed E-state index contributed by atoms with van der Waals surface area (Å²) in [6.45, 7) is 0. The highest BCUT2D eigenvalue weighted by molar-refractivity contribution is 9.10. The second-order valence-corrected chi connectivity index (χ2v) is 3.35. The summed E-state index contributed by atoms with van der Waals surface area (Å²) in [6, 6.07) is 4.81. The van der Waals surface area contributed by atoms with Crippen LogP contribution >= 0.6 is 27.5 Å². The van der Waals surface area contributed by atoms with Crippen LogP contribution in [0.4, 0.5) is 10.5 Å². The molecular weight excluding hydrogens is 245 g/mol. The van der Waals surface area contributed by atoms with Crippen LogP contribution in [0.15, 0.2) is 22.7 Å². The van der Waals surface area contributed by atoms with Crippen LogP contribution in [0, 0.1) is 0 Å². The monoisotopic (exact) mass is 249 g/mol. The van der Waals surface area contributed by atoms with Crippen molar-refractivity contribution in [3.05, 3.63) is 27.7 Å². The van der Waals surface area contributed by atoms with E-state index in [0.29, 0.717) is 15.2 Å². The Balaban J connectivity index is 2.93. The van der Waals surface area contributed by atoms with Crippen LogP contribution in [0.5, 0.6) is 0 Å². The third-order valence-electron chi connectivity index (χ3n) is 1.17. The predicted octanol–water partition coefficient (Wildman–Crippen LogP) is 3.19. The van der Waals surface area contributed by atoms with E-state index in [-0.39, 0.29) is 0 Å². The van der Waals surface area contributed by atoms with Crippen molar-refractivity contribution in [1.29, 1.82) is 0 Å². The summed E-state index contributed by atoms with van der Waals surface area (Å²) in [6.07, 6.45) is -1.10. The number of hydrogen-bond acceptors (Lipinski definition) is 1. The maximum atomic E-state index is 10.2.